The number of fused-ring (bicyclic) bond motifs is 18. The number of nitriles is 1. The molecule has 6 aromatic carbocycles. The molecular weight excluding hydrogens is 1490 g/mol. The number of hydrogen-bond donors (Lipinski definition) is 7. The summed E-state index contributed by atoms with van der Waals surface area (Å²) < 4.78 is 61.4. The molecule has 113 heavy (non-hydrogen) atoms. The van der Waals surface area contributed by atoms with Gasteiger partial charge in [0, 0.05) is 100 Å². The number of aryl methyl sites for hydroxylation is 4. The average Bonchev–Trinajstić information content (AvgIpc) is 1.48. The minimum atomic E-state index is -1.31. The minimum Gasteiger partial charge on any atom is -0.508 e. The second-order valence-corrected chi connectivity index (χ2v) is 34.1. The Balaban J connectivity index is 0.000000175. The second kappa shape index (κ2) is 29.1. The van der Waals surface area contributed by atoms with Crippen molar-refractivity contribution in [3.05, 3.63) is 137 Å². The zero-order valence-electron chi connectivity index (χ0n) is 64.5. The Kier molecular flexibility index (Phi) is 20.5. The quantitative estimate of drug-likeness (QED) is 0.0602. The van der Waals surface area contributed by atoms with E-state index in [0.717, 1.165) is 62.9 Å². The van der Waals surface area contributed by atoms with Gasteiger partial charge in [-0.15, -0.1) is 23.5 Å². The monoisotopic (exact) mass is 1590 g/mol. The van der Waals surface area contributed by atoms with Gasteiger partial charge in [0.15, 0.2) is 57.1 Å². The van der Waals surface area contributed by atoms with Crippen LogP contribution in [0.1, 0.15) is 190 Å². The van der Waals surface area contributed by atoms with Gasteiger partial charge in [-0.3, -0.25) is 39.8 Å². The van der Waals surface area contributed by atoms with Crippen LogP contribution in [0.3, 0.4) is 0 Å². The Bertz CT molecular complexity index is 5030. The number of ether oxygens (including phenoxy) is 10. The van der Waals surface area contributed by atoms with E-state index in [4.69, 9.17) is 47.4 Å². The number of benzene rings is 6. The van der Waals surface area contributed by atoms with Crippen molar-refractivity contribution in [2.24, 2.45) is 0 Å². The number of nitrogens with one attached hydrogen (secondary N) is 2. The van der Waals surface area contributed by atoms with Crippen LogP contribution in [0.15, 0.2) is 36.4 Å². The van der Waals surface area contributed by atoms with Crippen LogP contribution in [0.2, 0.25) is 0 Å². The molecule has 0 aliphatic carbocycles. The predicted molar refractivity (Wildman–Crippen MR) is 421 cm³/mol. The lowest BCUT2D eigenvalue weighted by Gasteiger charge is -2.62. The molecule has 0 radical (unpaired) electrons. The first kappa shape index (κ1) is 79.3. The normalized spacial score (nSPS) is 29.8. The number of hydrogen-bond acceptors (Lipinski definition) is 28. The molecule has 8 bridgehead atoms. The van der Waals surface area contributed by atoms with Gasteiger partial charge in [-0.05, 0) is 174 Å². The maximum absolute atomic E-state index is 15.0. The van der Waals surface area contributed by atoms with Crippen LogP contribution >= 0.6 is 23.5 Å². The molecule has 14 aliphatic rings. The fraction of sp³-hybridized carbons (Fsp3) is 0.518. The van der Waals surface area contributed by atoms with Gasteiger partial charge in [0.1, 0.15) is 48.5 Å². The van der Waals surface area contributed by atoms with Gasteiger partial charge in [-0.1, -0.05) is 40.8 Å². The third-order valence-electron chi connectivity index (χ3n) is 25.9. The fourth-order valence-corrected chi connectivity index (χ4v) is 24.3. The van der Waals surface area contributed by atoms with Gasteiger partial charge in [-0.2, -0.15) is 5.26 Å². The number of rotatable bonds is 6. The first-order chi connectivity index (χ1) is 53.1. The Morgan fingerprint density at radius 2 is 0.956 bits per heavy atom. The summed E-state index contributed by atoms with van der Waals surface area (Å²) in [6, 6.07) is 9.04. The molecule has 7 N–H and O–H groups in total. The smallest absolute Gasteiger partial charge is 0.331 e. The summed E-state index contributed by atoms with van der Waals surface area (Å²) in [5.41, 5.74) is 10.8. The highest BCUT2D eigenvalue weighted by Crippen LogP contribution is 2.68. The van der Waals surface area contributed by atoms with Crippen molar-refractivity contribution in [3.8, 4) is 75.1 Å². The summed E-state index contributed by atoms with van der Waals surface area (Å²) in [7, 11) is 7.07. The number of aromatic hydroxyl groups is 4. The van der Waals surface area contributed by atoms with E-state index in [1.807, 2.05) is 78.7 Å². The number of phenolic OH excluding ortho intramolecular Hbond substituents is 4. The zero-order chi connectivity index (χ0) is 78.4. The van der Waals surface area contributed by atoms with Crippen LogP contribution in [0.4, 0.5) is 0 Å². The Labute approximate surface area is 666 Å². The highest BCUT2D eigenvalue weighted by atomic mass is 32.2. The van der Waals surface area contributed by atoms with Crippen LogP contribution in [0, 0.1) is 52.9 Å². The van der Waals surface area contributed by atoms with Gasteiger partial charge in [-0.25, -0.2) is 9.59 Å². The number of phenols is 4. The van der Waals surface area contributed by atoms with E-state index in [1.165, 1.54) is 37.4 Å². The molecule has 28 heteroatoms. The van der Waals surface area contributed by atoms with Crippen LogP contribution in [0.25, 0.3) is 0 Å². The third kappa shape index (κ3) is 11.6. The molecule has 4 saturated heterocycles. The number of esters is 4. The summed E-state index contributed by atoms with van der Waals surface area (Å²) in [5, 5.41) is 75.9. The SMILES string of the molecule is C.C.CCC1Cc2cc(O)c(C)cc2[C@@]2(CS[C@@H]3c4c(OC(C)=O)c(C)c5c(c4[C@H](COC2=O)N2C3[C@H]3c4c(cc(C)c(OC)c4O)C[C@@H]([C@@H]2C#N)N3C)OCO5)N1.CCC1Cc2cc(O)c(C)cc2[C@@]2(CS[C@@H]3c4c(OC(C)=O)c(C)c5c(c4[C@H](COC2=O)N2C3[C@H]3c4c(cc(C)c(OC)c4O)C[C@@H]([C@@H]2O)N3C)OCO5)N1. The molecule has 26 nitrogen and oxygen atoms in total. The van der Waals surface area contributed by atoms with Crippen molar-refractivity contribution >= 4 is 47.4 Å². The van der Waals surface area contributed by atoms with E-state index >= 15 is 0 Å². The highest BCUT2D eigenvalue weighted by Gasteiger charge is 2.65. The first-order valence-electron chi connectivity index (χ1n) is 38.1. The first-order valence-corrected chi connectivity index (χ1v) is 40.2. The fourth-order valence-electron chi connectivity index (χ4n) is 21.0. The van der Waals surface area contributed by atoms with E-state index in [9.17, 15) is 50.0 Å². The van der Waals surface area contributed by atoms with Gasteiger partial charge in [0.25, 0.3) is 0 Å². The number of aliphatic hydroxyl groups excluding tert-OH is 1. The molecule has 4 unspecified atom stereocenters. The molecule has 20 rings (SSSR count). The minimum absolute atomic E-state index is 0. The van der Waals surface area contributed by atoms with Crippen molar-refractivity contribution in [2.45, 2.75) is 217 Å². The molecule has 6 aromatic rings. The number of piperazine rings is 2. The van der Waals surface area contributed by atoms with Crippen LogP contribution < -0.4 is 48.5 Å². The molecule has 2 spiro atoms. The van der Waals surface area contributed by atoms with Crippen molar-refractivity contribution in [1.29, 1.82) is 5.26 Å². The van der Waals surface area contributed by atoms with E-state index in [2.05, 4.69) is 51.3 Å². The number of likely N-dealkylation sites (N-methyl/N-ethyl adjacent to an activating group) is 2. The van der Waals surface area contributed by atoms with Crippen molar-refractivity contribution in [1.82, 2.24) is 30.2 Å². The van der Waals surface area contributed by atoms with Crippen LogP contribution in [-0.4, -0.2) is 184 Å². The summed E-state index contributed by atoms with van der Waals surface area (Å²) >= 11 is 3.04. The molecule has 0 aromatic heterocycles. The summed E-state index contributed by atoms with van der Waals surface area (Å²) in [5.74, 6) is 2.23. The maximum Gasteiger partial charge on any atom is 0.331 e. The van der Waals surface area contributed by atoms with E-state index in [1.54, 1.807) is 26.4 Å². The van der Waals surface area contributed by atoms with E-state index in [-0.39, 0.29) is 100 Å². The summed E-state index contributed by atoms with van der Waals surface area (Å²) in [6.45, 7) is 17.6. The van der Waals surface area contributed by atoms with E-state index < -0.39 is 94.0 Å². The standard InChI is InChI=1S/C42H46N4O9S.C41H47N3O10S.2CH4/c1-8-24-11-22-13-29(48)18(2)10-25(22)42(44-24)16-56-40-32-31(39-38(53-17-54-39)20(4)37(32)55-21(5)47)28(15-52-41(42)50)46-27(14-43)26-12-23-9-19(3)36(51-7)35(49)30(23)33(34(40)46)45(26)6;1-8-23-11-21-13-27(46)17(2)10-24(21)41(42-23)15-55-38-30-29(37-36(52-16-53-37)19(4)35(30)54-20(5)45)26(14-51-40(41)49)44-32(38)31-28-22(12-25(39(44)48)43(31)6)9-18(3)34(50-7)33(28)47;;/h9-10,13,24,26-28,33-34,40,44,48-49H,8,11-12,15-17H2,1-7H3;9-10,13,23,25-26,31-32,38-39,42,46-48H,8,11-12,14-16H2,1-7H3;2*1H4/t24?,26-,27-,28-,33+,34?,40+,42+;23?,25-,26-,31+,32?,38+,39-,41+;;/m00../s1. The van der Waals surface area contributed by atoms with Gasteiger partial charge >= 0.3 is 23.9 Å². The van der Waals surface area contributed by atoms with Crippen LogP contribution in [0.5, 0.6) is 69.0 Å². The highest BCUT2D eigenvalue weighted by molar-refractivity contribution is 7.99. The molecular formula is C85H101N7O19S2. The molecule has 0 saturated carbocycles. The number of aliphatic hydroxyl groups is 1. The van der Waals surface area contributed by atoms with Gasteiger partial charge in [0.05, 0.1) is 61.0 Å². The van der Waals surface area contributed by atoms with Crippen molar-refractivity contribution in [3.63, 3.8) is 0 Å². The van der Waals surface area contributed by atoms with Crippen molar-refractivity contribution in [2.75, 3.05) is 66.6 Å². The van der Waals surface area contributed by atoms with E-state index in [0.29, 0.717) is 122 Å². The molecule has 4 fully saturated rings. The summed E-state index contributed by atoms with van der Waals surface area (Å²) in [6.07, 6.45) is 2.64. The van der Waals surface area contributed by atoms with Crippen molar-refractivity contribution < 1.29 is 92.1 Å². The number of nitrogens with zero attached hydrogens (tertiary/aromatic N) is 5. The molecule has 14 aliphatic heterocycles. The van der Waals surface area contributed by atoms with Gasteiger partial charge < -0.3 is 72.9 Å². The number of methoxy groups -OCH3 is 2. The second-order valence-electron chi connectivity index (χ2n) is 31.8. The largest absolute Gasteiger partial charge is 0.508 e. The van der Waals surface area contributed by atoms with Crippen LogP contribution in [-0.2, 0) is 65.4 Å². The predicted octanol–water partition coefficient (Wildman–Crippen LogP) is 10.8. The molecule has 14 heterocycles. The summed E-state index contributed by atoms with van der Waals surface area (Å²) in [4.78, 5) is 64.3. The Morgan fingerprint density at radius 1 is 0.549 bits per heavy atom. The topological polar surface area (TPSA) is 323 Å². The maximum atomic E-state index is 15.0. The molecule has 602 valence electrons. The lowest BCUT2D eigenvalue weighted by molar-refractivity contribution is -0.186. The van der Waals surface area contributed by atoms with Gasteiger partial charge in [0.2, 0.25) is 13.6 Å². The number of carbonyl (C=O) groups is 4. The lowest BCUT2D eigenvalue weighted by atomic mass is 9.71. The molecule has 16 atom stereocenters. The molecule has 0 amide bonds. The average molecular weight is 1590 g/mol. The Hall–Kier alpha value is -8.89. The number of carbonyl (C=O) groups excluding carboxylic acids is 4. The Morgan fingerprint density at radius 3 is 1.37 bits per heavy atom. The zero-order valence-corrected chi connectivity index (χ0v) is 66.2. The third-order valence-corrected chi connectivity index (χ3v) is 28.9. The lowest BCUT2D eigenvalue weighted by Crippen LogP contribution is -2.70. The number of thioether (sulfide) groups is 2.